The Bertz CT molecular complexity index is 437. The Hall–Kier alpha value is -1.32. The smallest absolute Gasteiger partial charge is 0.224 e. The molecule has 0 radical (unpaired) electrons. The van der Waals surface area contributed by atoms with Crippen molar-refractivity contribution in [1.82, 2.24) is 14.9 Å². The van der Waals surface area contributed by atoms with E-state index in [2.05, 4.69) is 20.2 Å². The maximum Gasteiger partial charge on any atom is 0.224 e. The quantitative estimate of drug-likeness (QED) is 0.878. The lowest BCUT2D eigenvalue weighted by Gasteiger charge is -2.25. The van der Waals surface area contributed by atoms with Crippen molar-refractivity contribution >= 4 is 17.7 Å². The van der Waals surface area contributed by atoms with E-state index in [9.17, 15) is 0 Å². The largest absolute Gasteiger partial charge is 0.353 e. The molecule has 1 saturated heterocycles. The normalized spacial score (nSPS) is 16.2. The summed E-state index contributed by atoms with van der Waals surface area (Å²) in [6.07, 6.45) is 0. The molecule has 1 fully saturated rings. The lowest BCUT2D eigenvalue weighted by molar-refractivity contribution is 0.314. The standard InChI is InChI=1S/C12H17N5S/c1-10-8-11(9-13)16-12(15-10)14-2-3-17-4-6-18-7-5-17/h8H,2-7H2,1H3,(H,14,15,16). The van der Waals surface area contributed by atoms with Gasteiger partial charge in [-0.3, -0.25) is 4.90 Å². The lowest BCUT2D eigenvalue weighted by Crippen LogP contribution is -2.36. The van der Waals surface area contributed by atoms with E-state index in [0.717, 1.165) is 31.9 Å². The van der Waals surface area contributed by atoms with E-state index < -0.39 is 0 Å². The SMILES string of the molecule is Cc1cc(C#N)nc(NCCN2CCSCC2)n1. The number of hydrogen-bond acceptors (Lipinski definition) is 6. The van der Waals surface area contributed by atoms with Crippen molar-refractivity contribution in [2.45, 2.75) is 6.92 Å². The Labute approximate surface area is 112 Å². The first kappa shape index (κ1) is 13.1. The Balaban J connectivity index is 1.82. The number of aryl methyl sites for hydroxylation is 1. The van der Waals surface area contributed by atoms with Crippen LogP contribution in [-0.2, 0) is 0 Å². The molecular formula is C12H17N5S. The van der Waals surface area contributed by atoms with Gasteiger partial charge in [0.15, 0.2) is 0 Å². The number of thioether (sulfide) groups is 1. The highest BCUT2D eigenvalue weighted by Crippen LogP contribution is 2.08. The van der Waals surface area contributed by atoms with Crippen molar-refractivity contribution < 1.29 is 0 Å². The summed E-state index contributed by atoms with van der Waals surface area (Å²) in [4.78, 5) is 10.8. The molecule has 0 unspecified atom stereocenters. The Morgan fingerprint density at radius 1 is 1.44 bits per heavy atom. The van der Waals surface area contributed by atoms with Gasteiger partial charge in [-0.05, 0) is 13.0 Å². The van der Waals surface area contributed by atoms with Crippen molar-refractivity contribution in [3.63, 3.8) is 0 Å². The Morgan fingerprint density at radius 2 is 2.22 bits per heavy atom. The topological polar surface area (TPSA) is 64.8 Å². The van der Waals surface area contributed by atoms with E-state index in [1.54, 1.807) is 6.07 Å². The molecule has 0 atom stereocenters. The van der Waals surface area contributed by atoms with Gasteiger partial charge in [-0.2, -0.15) is 17.0 Å². The zero-order valence-electron chi connectivity index (χ0n) is 10.5. The van der Waals surface area contributed by atoms with Crippen LogP contribution in [0, 0.1) is 18.3 Å². The van der Waals surface area contributed by atoms with Crippen LogP contribution in [0.4, 0.5) is 5.95 Å². The molecule has 0 aromatic carbocycles. The molecule has 1 N–H and O–H groups in total. The van der Waals surface area contributed by atoms with Crippen LogP contribution in [0.5, 0.6) is 0 Å². The van der Waals surface area contributed by atoms with Crippen molar-refractivity contribution in [3.8, 4) is 6.07 Å². The van der Waals surface area contributed by atoms with Crippen molar-refractivity contribution in [2.75, 3.05) is 43.0 Å². The second-order valence-corrected chi connectivity index (χ2v) is 5.44. The van der Waals surface area contributed by atoms with Crippen LogP contribution < -0.4 is 5.32 Å². The van der Waals surface area contributed by atoms with Crippen LogP contribution in [0.15, 0.2) is 6.07 Å². The monoisotopic (exact) mass is 263 g/mol. The van der Waals surface area contributed by atoms with Crippen LogP contribution >= 0.6 is 11.8 Å². The number of nitrogens with zero attached hydrogens (tertiary/aromatic N) is 4. The van der Waals surface area contributed by atoms with Gasteiger partial charge in [-0.25, -0.2) is 9.97 Å². The Morgan fingerprint density at radius 3 is 2.94 bits per heavy atom. The molecule has 0 amide bonds. The first-order valence-corrected chi connectivity index (χ1v) is 7.23. The number of rotatable bonds is 4. The third kappa shape index (κ3) is 3.86. The molecule has 1 aromatic heterocycles. The fourth-order valence-electron chi connectivity index (χ4n) is 1.86. The summed E-state index contributed by atoms with van der Waals surface area (Å²) < 4.78 is 0. The molecule has 2 rings (SSSR count). The first-order chi connectivity index (χ1) is 8.78. The van der Waals surface area contributed by atoms with Gasteiger partial charge in [0, 0.05) is 43.4 Å². The fourth-order valence-corrected chi connectivity index (χ4v) is 2.83. The highest BCUT2D eigenvalue weighted by atomic mass is 32.2. The Kier molecular flexibility index (Phi) is 4.79. The van der Waals surface area contributed by atoms with Crippen LogP contribution in [0.2, 0.25) is 0 Å². The van der Waals surface area contributed by atoms with E-state index in [1.165, 1.54) is 11.5 Å². The van der Waals surface area contributed by atoms with Crippen molar-refractivity contribution in [2.24, 2.45) is 0 Å². The van der Waals surface area contributed by atoms with E-state index in [0.29, 0.717) is 11.6 Å². The summed E-state index contributed by atoms with van der Waals surface area (Å²) in [7, 11) is 0. The summed E-state index contributed by atoms with van der Waals surface area (Å²) in [5, 5.41) is 12.0. The minimum Gasteiger partial charge on any atom is -0.353 e. The van der Waals surface area contributed by atoms with Crippen LogP contribution in [0.25, 0.3) is 0 Å². The molecule has 6 heteroatoms. The van der Waals surface area contributed by atoms with Gasteiger partial charge in [0.05, 0.1) is 0 Å². The molecule has 0 aliphatic carbocycles. The summed E-state index contributed by atoms with van der Waals surface area (Å²) >= 11 is 2.01. The molecule has 1 aromatic rings. The van der Waals surface area contributed by atoms with Gasteiger partial charge in [0.25, 0.3) is 0 Å². The van der Waals surface area contributed by atoms with E-state index in [-0.39, 0.29) is 0 Å². The summed E-state index contributed by atoms with van der Waals surface area (Å²) in [6, 6.07) is 3.73. The van der Waals surface area contributed by atoms with Gasteiger partial charge in [-0.15, -0.1) is 0 Å². The molecule has 5 nitrogen and oxygen atoms in total. The summed E-state index contributed by atoms with van der Waals surface area (Å²) in [6.45, 7) is 6.00. The predicted octanol–water partition coefficient (Wildman–Crippen LogP) is 1.12. The maximum absolute atomic E-state index is 8.84. The first-order valence-electron chi connectivity index (χ1n) is 6.07. The molecule has 0 bridgehead atoms. The van der Waals surface area contributed by atoms with Gasteiger partial charge in [0.2, 0.25) is 5.95 Å². The van der Waals surface area contributed by atoms with Crippen LogP contribution in [0.3, 0.4) is 0 Å². The zero-order valence-corrected chi connectivity index (χ0v) is 11.3. The maximum atomic E-state index is 8.84. The summed E-state index contributed by atoms with van der Waals surface area (Å²) in [5.74, 6) is 3.00. The number of aromatic nitrogens is 2. The van der Waals surface area contributed by atoms with E-state index in [4.69, 9.17) is 5.26 Å². The van der Waals surface area contributed by atoms with Crippen molar-refractivity contribution in [3.05, 3.63) is 17.5 Å². The molecule has 1 aliphatic rings. The van der Waals surface area contributed by atoms with E-state index in [1.807, 2.05) is 24.8 Å². The van der Waals surface area contributed by atoms with E-state index >= 15 is 0 Å². The summed E-state index contributed by atoms with van der Waals surface area (Å²) in [5.41, 5.74) is 1.23. The number of anilines is 1. The number of hydrogen-bond donors (Lipinski definition) is 1. The molecular weight excluding hydrogens is 246 g/mol. The van der Waals surface area contributed by atoms with Gasteiger partial charge in [0.1, 0.15) is 11.8 Å². The fraction of sp³-hybridized carbons (Fsp3) is 0.583. The second kappa shape index (κ2) is 6.57. The predicted molar refractivity (Wildman–Crippen MR) is 73.7 cm³/mol. The minimum atomic E-state index is 0.416. The van der Waals surface area contributed by atoms with Crippen LogP contribution in [-0.4, -0.2) is 52.6 Å². The van der Waals surface area contributed by atoms with Gasteiger partial charge >= 0.3 is 0 Å². The average Bonchev–Trinajstić information content (AvgIpc) is 2.39. The highest BCUT2D eigenvalue weighted by molar-refractivity contribution is 7.99. The molecule has 0 saturated carbocycles. The molecule has 0 spiro atoms. The molecule has 96 valence electrons. The third-order valence-corrected chi connectivity index (χ3v) is 3.73. The number of nitriles is 1. The number of nitrogens with one attached hydrogen (secondary N) is 1. The second-order valence-electron chi connectivity index (χ2n) is 4.21. The zero-order chi connectivity index (χ0) is 12.8. The molecule has 2 heterocycles. The highest BCUT2D eigenvalue weighted by Gasteiger charge is 2.09. The minimum absolute atomic E-state index is 0.416. The van der Waals surface area contributed by atoms with Crippen molar-refractivity contribution in [1.29, 1.82) is 5.26 Å². The molecule has 18 heavy (non-hydrogen) atoms. The molecule has 1 aliphatic heterocycles. The third-order valence-electron chi connectivity index (χ3n) is 2.78. The lowest BCUT2D eigenvalue weighted by atomic mass is 10.3. The average molecular weight is 263 g/mol. The van der Waals surface area contributed by atoms with Gasteiger partial charge in [-0.1, -0.05) is 0 Å². The van der Waals surface area contributed by atoms with Gasteiger partial charge < -0.3 is 5.32 Å². The van der Waals surface area contributed by atoms with Crippen LogP contribution in [0.1, 0.15) is 11.4 Å².